The third kappa shape index (κ3) is 2.85. The van der Waals surface area contributed by atoms with Crippen molar-refractivity contribution in [1.29, 1.82) is 0 Å². The molecule has 0 amide bonds. The molecule has 3 aromatic carbocycles. The van der Waals surface area contributed by atoms with E-state index in [0.29, 0.717) is 0 Å². The number of benzene rings is 3. The van der Waals surface area contributed by atoms with Crippen LogP contribution >= 0.6 is 0 Å². The van der Waals surface area contributed by atoms with Crippen molar-refractivity contribution in [2.45, 2.75) is 38.9 Å². The molecule has 1 aliphatic rings. The van der Waals surface area contributed by atoms with Gasteiger partial charge in [0.15, 0.2) is 0 Å². The monoisotopic (exact) mass is 435 g/mol. The molecular formula is C23H22BNO2Se. The van der Waals surface area contributed by atoms with Crippen LogP contribution < -0.4 is 5.46 Å². The zero-order chi connectivity index (χ0) is 19.5. The van der Waals surface area contributed by atoms with E-state index in [-0.39, 0.29) is 32.8 Å². The summed E-state index contributed by atoms with van der Waals surface area (Å²) in [4.78, 5) is 4.93. The fourth-order valence-electron chi connectivity index (χ4n) is 3.55. The summed E-state index contributed by atoms with van der Waals surface area (Å²) in [6.07, 6.45) is 0. The van der Waals surface area contributed by atoms with Crippen LogP contribution in [0.25, 0.3) is 30.7 Å². The molecule has 0 bridgehead atoms. The van der Waals surface area contributed by atoms with Gasteiger partial charge < -0.3 is 0 Å². The first-order valence-electron chi connectivity index (χ1n) is 9.58. The quantitative estimate of drug-likeness (QED) is 0.438. The van der Waals surface area contributed by atoms with Gasteiger partial charge in [-0.2, -0.15) is 0 Å². The summed E-state index contributed by atoms with van der Waals surface area (Å²) >= 11 is 0.185. The predicted octanol–water partition coefficient (Wildman–Crippen LogP) is 4.41. The van der Waals surface area contributed by atoms with Crippen molar-refractivity contribution in [3.63, 3.8) is 0 Å². The van der Waals surface area contributed by atoms with Gasteiger partial charge in [-0.1, -0.05) is 0 Å². The Labute approximate surface area is 171 Å². The molecule has 0 radical (unpaired) electrons. The maximum atomic E-state index is 6.26. The average molecular weight is 434 g/mol. The first-order valence-corrected chi connectivity index (χ1v) is 11.3. The van der Waals surface area contributed by atoms with E-state index in [2.05, 4.69) is 82.3 Å². The van der Waals surface area contributed by atoms with Crippen molar-refractivity contribution in [2.24, 2.45) is 0 Å². The molecule has 1 saturated heterocycles. The molecule has 1 aromatic heterocycles. The van der Waals surface area contributed by atoms with Crippen molar-refractivity contribution in [3.05, 3.63) is 60.7 Å². The number of hydrogen-bond donors (Lipinski definition) is 0. The first-order chi connectivity index (χ1) is 13.3. The third-order valence-electron chi connectivity index (χ3n) is 5.94. The summed E-state index contributed by atoms with van der Waals surface area (Å²) in [6.45, 7) is 8.37. The van der Waals surface area contributed by atoms with Gasteiger partial charge in [-0.15, -0.1) is 0 Å². The van der Waals surface area contributed by atoms with Crippen LogP contribution in [0.4, 0.5) is 0 Å². The topological polar surface area (TPSA) is 31.4 Å². The van der Waals surface area contributed by atoms with E-state index >= 15 is 0 Å². The zero-order valence-corrected chi connectivity index (χ0v) is 18.2. The van der Waals surface area contributed by atoms with Gasteiger partial charge in [0.2, 0.25) is 0 Å². The van der Waals surface area contributed by atoms with Gasteiger partial charge in [-0.05, 0) is 0 Å². The predicted molar refractivity (Wildman–Crippen MR) is 117 cm³/mol. The molecule has 1 fully saturated rings. The Kier molecular flexibility index (Phi) is 4.08. The van der Waals surface area contributed by atoms with Crippen molar-refractivity contribution < 1.29 is 9.31 Å². The molecule has 0 aliphatic carbocycles. The minimum atomic E-state index is -0.339. The molecule has 140 valence electrons. The van der Waals surface area contributed by atoms with Gasteiger partial charge in [0, 0.05) is 0 Å². The molecule has 1 aliphatic heterocycles. The first kappa shape index (κ1) is 18.1. The second-order valence-corrected chi connectivity index (χ2v) is 10.5. The molecule has 4 aromatic rings. The van der Waals surface area contributed by atoms with Gasteiger partial charge in [0.1, 0.15) is 0 Å². The number of nitrogens with zero attached hydrogens (tertiary/aromatic N) is 1. The molecule has 0 unspecified atom stereocenters. The van der Waals surface area contributed by atoms with Crippen LogP contribution in [-0.4, -0.2) is 37.8 Å². The maximum absolute atomic E-state index is 6.26. The van der Waals surface area contributed by atoms with E-state index in [1.165, 1.54) is 25.2 Å². The Morgan fingerprint density at radius 2 is 1.54 bits per heavy atom. The van der Waals surface area contributed by atoms with Crippen LogP contribution in [0, 0.1) is 0 Å². The summed E-state index contributed by atoms with van der Waals surface area (Å²) in [7, 11) is -0.339. The van der Waals surface area contributed by atoms with Crippen molar-refractivity contribution in [3.8, 4) is 10.1 Å². The Morgan fingerprint density at radius 1 is 0.857 bits per heavy atom. The zero-order valence-electron chi connectivity index (χ0n) is 16.5. The number of hydrogen-bond acceptors (Lipinski definition) is 3. The van der Waals surface area contributed by atoms with Crippen LogP contribution in [0.15, 0.2) is 60.7 Å². The number of fused-ring (bicyclic) bond motifs is 3. The molecule has 5 heteroatoms. The molecular weight excluding hydrogens is 412 g/mol. The van der Waals surface area contributed by atoms with E-state index in [1.54, 1.807) is 0 Å². The minimum absolute atomic E-state index is 0.185. The van der Waals surface area contributed by atoms with Crippen LogP contribution in [0.2, 0.25) is 0 Å². The van der Waals surface area contributed by atoms with Gasteiger partial charge in [0.25, 0.3) is 0 Å². The summed E-state index contributed by atoms with van der Waals surface area (Å²) in [5.41, 5.74) is 2.72. The SMILES string of the molecule is CC1(C)OB(c2ccc3ccc4nc(-c5ccccc5)[se]c4c3c2)OC1(C)C. The number of aromatic nitrogens is 1. The molecule has 0 atom stereocenters. The van der Waals surface area contributed by atoms with E-state index in [9.17, 15) is 0 Å². The van der Waals surface area contributed by atoms with Crippen LogP contribution in [0.3, 0.4) is 0 Å². The summed E-state index contributed by atoms with van der Waals surface area (Å²) < 4.78 is 15.1. The molecule has 0 spiro atoms. The molecule has 0 saturated carbocycles. The van der Waals surface area contributed by atoms with Crippen molar-refractivity contribution >= 4 is 47.6 Å². The Hall–Kier alpha value is -1.91. The van der Waals surface area contributed by atoms with Gasteiger partial charge in [0.05, 0.1) is 0 Å². The average Bonchev–Trinajstić information content (AvgIpc) is 3.20. The van der Waals surface area contributed by atoms with Crippen LogP contribution in [0.5, 0.6) is 0 Å². The van der Waals surface area contributed by atoms with Crippen LogP contribution in [-0.2, 0) is 9.31 Å². The molecule has 5 rings (SSSR count). The van der Waals surface area contributed by atoms with Gasteiger partial charge in [-0.25, -0.2) is 0 Å². The standard InChI is InChI=1S/C23H22BNO2Se/c1-22(2)23(3,4)27-24(26-22)17-12-10-15-11-13-19-20(18(15)14-17)28-21(25-19)16-8-6-5-7-9-16/h5-14H,1-4H3. The van der Waals surface area contributed by atoms with Crippen molar-refractivity contribution in [1.82, 2.24) is 4.98 Å². The summed E-state index contributed by atoms with van der Waals surface area (Å²) in [5, 5.41) is 2.50. The third-order valence-corrected chi connectivity index (χ3v) is 8.36. The second kappa shape index (κ2) is 6.30. The second-order valence-electron chi connectivity index (χ2n) is 8.37. The van der Waals surface area contributed by atoms with Gasteiger partial charge >= 0.3 is 172 Å². The van der Waals surface area contributed by atoms with Crippen molar-refractivity contribution in [2.75, 3.05) is 0 Å². The molecule has 28 heavy (non-hydrogen) atoms. The van der Waals surface area contributed by atoms with Crippen LogP contribution in [0.1, 0.15) is 27.7 Å². The normalized spacial score (nSPS) is 18.2. The van der Waals surface area contributed by atoms with Gasteiger partial charge in [-0.3, -0.25) is 0 Å². The Balaban J connectivity index is 1.63. The molecule has 3 nitrogen and oxygen atoms in total. The molecule has 0 N–H and O–H groups in total. The Bertz CT molecular complexity index is 1170. The fourth-order valence-corrected chi connectivity index (χ4v) is 5.85. The van der Waals surface area contributed by atoms with E-state index in [0.717, 1.165) is 11.0 Å². The summed E-state index contributed by atoms with van der Waals surface area (Å²) in [6, 6.07) is 21.3. The van der Waals surface area contributed by atoms with E-state index < -0.39 is 0 Å². The fraction of sp³-hybridized carbons (Fsp3) is 0.261. The number of rotatable bonds is 2. The van der Waals surface area contributed by atoms with E-state index in [4.69, 9.17) is 14.3 Å². The summed E-state index contributed by atoms with van der Waals surface area (Å²) in [5.74, 6) is 0. The van der Waals surface area contributed by atoms with E-state index in [1.807, 2.05) is 6.07 Å². The Morgan fingerprint density at radius 3 is 2.25 bits per heavy atom. The molecule has 2 heterocycles.